The highest BCUT2D eigenvalue weighted by atomic mass is 19.1. The van der Waals surface area contributed by atoms with Crippen molar-refractivity contribution in [3.05, 3.63) is 59.4 Å². The van der Waals surface area contributed by atoms with Gasteiger partial charge in [0.15, 0.2) is 5.82 Å². The van der Waals surface area contributed by atoms with Crippen LogP contribution in [0.5, 0.6) is 11.8 Å². The normalized spacial score (nSPS) is 20.7. The maximum Gasteiger partial charge on any atom is 0.318 e. The predicted octanol–water partition coefficient (Wildman–Crippen LogP) is 4.89. The molecule has 2 bridgehead atoms. The molecule has 2 heterocycles. The molecule has 0 radical (unpaired) electrons. The van der Waals surface area contributed by atoms with E-state index in [4.69, 9.17) is 4.74 Å². The highest BCUT2D eigenvalue weighted by molar-refractivity contribution is 5.99. The minimum absolute atomic E-state index is 0.0290. The lowest BCUT2D eigenvalue weighted by molar-refractivity contribution is 0.137. The molecule has 1 aliphatic heterocycles. The quantitative estimate of drug-likeness (QED) is 0.519. The van der Waals surface area contributed by atoms with E-state index >= 15 is 4.39 Å². The van der Waals surface area contributed by atoms with Gasteiger partial charge in [0.25, 0.3) is 0 Å². The number of aliphatic hydroxyl groups is 1. The number of phenolic OH excluding ortho intramolecular Hbond substituents is 1. The molecule has 0 amide bonds. The molecule has 0 spiro atoms. The van der Waals surface area contributed by atoms with Crippen molar-refractivity contribution in [2.24, 2.45) is 11.8 Å². The Morgan fingerprint density at radius 2 is 1.89 bits per heavy atom. The van der Waals surface area contributed by atoms with Gasteiger partial charge in [-0.1, -0.05) is 13.0 Å². The summed E-state index contributed by atoms with van der Waals surface area (Å²) in [6.07, 6.45) is 4.28. The van der Waals surface area contributed by atoms with Gasteiger partial charge in [0.05, 0.1) is 19.4 Å². The van der Waals surface area contributed by atoms with Gasteiger partial charge in [-0.15, -0.1) is 0 Å². The second-order valence-corrected chi connectivity index (χ2v) is 9.86. The molecule has 3 atom stereocenters. The van der Waals surface area contributed by atoms with Crippen LogP contribution >= 0.6 is 0 Å². The largest absolute Gasteiger partial charge is 0.508 e. The van der Waals surface area contributed by atoms with Gasteiger partial charge >= 0.3 is 6.01 Å². The lowest BCUT2D eigenvalue weighted by Crippen LogP contribution is -2.38. The topological polar surface area (TPSA) is 91.6 Å². The number of aromatic hydroxyl groups is 1. The average molecular weight is 509 g/mol. The van der Waals surface area contributed by atoms with Crippen molar-refractivity contribution < 1.29 is 23.7 Å². The number of piperidine rings is 1. The molecule has 2 aromatic carbocycles. The summed E-state index contributed by atoms with van der Waals surface area (Å²) in [6.45, 7) is 5.00. The fourth-order valence-corrected chi connectivity index (χ4v) is 5.71. The first-order valence-corrected chi connectivity index (χ1v) is 12.5. The van der Waals surface area contributed by atoms with E-state index in [9.17, 15) is 14.6 Å². The number of hydrogen-bond donors (Lipinski definition) is 2. The summed E-state index contributed by atoms with van der Waals surface area (Å²) in [7, 11) is 1.41. The summed E-state index contributed by atoms with van der Waals surface area (Å²) < 4.78 is 35.7. The molecular formula is C28H30F2N4O3. The maximum atomic E-state index is 15.6. The number of phenols is 1. The Kier molecular flexibility index (Phi) is 6.81. The van der Waals surface area contributed by atoms with Gasteiger partial charge in [0.2, 0.25) is 0 Å². The second-order valence-electron chi connectivity index (χ2n) is 9.86. The van der Waals surface area contributed by atoms with Gasteiger partial charge in [-0.3, -0.25) is 4.98 Å². The first kappa shape index (κ1) is 25.1. The molecule has 5 rings (SSSR count). The van der Waals surface area contributed by atoms with Crippen LogP contribution < -0.4 is 9.64 Å². The van der Waals surface area contributed by atoms with Crippen molar-refractivity contribution in [1.82, 2.24) is 15.0 Å². The van der Waals surface area contributed by atoms with E-state index in [1.807, 2.05) is 13.8 Å². The minimum Gasteiger partial charge on any atom is -0.508 e. The van der Waals surface area contributed by atoms with E-state index in [0.717, 1.165) is 25.6 Å². The number of aliphatic hydroxyl groups excluding tert-OH is 1. The molecule has 194 valence electrons. The summed E-state index contributed by atoms with van der Waals surface area (Å²) in [5.74, 6) is -0.173. The van der Waals surface area contributed by atoms with Gasteiger partial charge in [0.1, 0.15) is 23.1 Å². The zero-order chi connectivity index (χ0) is 26.3. The van der Waals surface area contributed by atoms with Crippen molar-refractivity contribution in [2.45, 2.75) is 39.2 Å². The van der Waals surface area contributed by atoms with Crippen LogP contribution in [0.3, 0.4) is 0 Å². The van der Waals surface area contributed by atoms with E-state index in [0.29, 0.717) is 46.6 Å². The minimum atomic E-state index is -0.783. The molecule has 1 aliphatic carbocycles. The number of fused-ring (bicyclic) bond motifs is 3. The average Bonchev–Trinajstić information content (AvgIpc) is 3.14. The number of aromatic nitrogens is 3. The molecule has 1 saturated heterocycles. The predicted molar refractivity (Wildman–Crippen MR) is 137 cm³/mol. The van der Waals surface area contributed by atoms with Crippen molar-refractivity contribution in [3.63, 3.8) is 0 Å². The number of nitrogens with zero attached hydrogens (tertiary/aromatic N) is 4. The second kappa shape index (κ2) is 10.0. The van der Waals surface area contributed by atoms with E-state index in [1.165, 1.54) is 31.5 Å². The number of methoxy groups -OCH3 is 1. The van der Waals surface area contributed by atoms with Gasteiger partial charge in [-0.2, -0.15) is 4.98 Å². The SMILES string of the molecule is CCc1c(F)ccc2cc(O)cc(-c3ncc(C)c(N4CC5CC(O)C(C5)C4)nc(OC)ncc3F)c12. The van der Waals surface area contributed by atoms with Gasteiger partial charge in [0, 0.05) is 36.3 Å². The van der Waals surface area contributed by atoms with E-state index in [2.05, 4.69) is 19.9 Å². The van der Waals surface area contributed by atoms with Gasteiger partial charge in [-0.25, -0.2) is 13.8 Å². The number of ether oxygens (including phenoxy) is 1. The molecule has 2 fully saturated rings. The number of halogens is 2. The fourth-order valence-electron chi connectivity index (χ4n) is 5.71. The number of aryl methyl sites for hydroxylation is 2. The van der Waals surface area contributed by atoms with Crippen LogP contribution in [-0.2, 0) is 6.42 Å². The lowest BCUT2D eigenvalue weighted by atomic mass is 9.95. The van der Waals surface area contributed by atoms with Crippen LogP contribution in [0, 0.1) is 30.4 Å². The fraction of sp³-hybridized carbons (Fsp3) is 0.393. The molecule has 3 unspecified atom stereocenters. The molecule has 2 aliphatic rings. The number of benzene rings is 2. The Morgan fingerprint density at radius 1 is 1.08 bits per heavy atom. The summed E-state index contributed by atoms with van der Waals surface area (Å²) in [4.78, 5) is 15.3. The zero-order valence-electron chi connectivity index (χ0n) is 21.1. The summed E-state index contributed by atoms with van der Waals surface area (Å²) in [6, 6.07) is 5.78. The third-order valence-electron chi connectivity index (χ3n) is 7.39. The van der Waals surface area contributed by atoms with Crippen molar-refractivity contribution in [1.29, 1.82) is 0 Å². The van der Waals surface area contributed by atoms with Crippen LogP contribution in [0.4, 0.5) is 14.6 Å². The molecular weight excluding hydrogens is 478 g/mol. The molecule has 1 saturated carbocycles. The van der Waals surface area contributed by atoms with Crippen LogP contribution in [0.1, 0.15) is 30.9 Å². The molecule has 1 aromatic heterocycles. The Morgan fingerprint density at radius 3 is 2.62 bits per heavy atom. The monoisotopic (exact) mass is 508 g/mol. The highest BCUT2D eigenvalue weighted by Gasteiger charge is 2.39. The summed E-state index contributed by atoms with van der Waals surface area (Å²) in [5.41, 5.74) is 1.23. The first-order chi connectivity index (χ1) is 17.8. The molecule has 3 aromatic rings. The summed E-state index contributed by atoms with van der Waals surface area (Å²) >= 11 is 0. The Bertz CT molecular complexity index is 1410. The van der Waals surface area contributed by atoms with Crippen molar-refractivity contribution >= 4 is 16.6 Å². The van der Waals surface area contributed by atoms with Crippen LogP contribution in [0.2, 0.25) is 0 Å². The van der Waals surface area contributed by atoms with E-state index in [-0.39, 0.29) is 35.0 Å². The van der Waals surface area contributed by atoms with E-state index in [1.54, 1.807) is 6.07 Å². The Hall–Kier alpha value is -3.59. The standard InChI is InChI=1S/C28H30F2N4O3/c1-4-20-22(29)6-5-17-9-19(35)10-21(25(17)20)26-23(30)12-32-28(37-3)33-27(15(2)11-31-26)34-13-16-7-18(14-34)24(36)8-16/h5-6,9-12,16,18,24,35-36H,4,7-8,13-14H2,1-3H3. The number of rotatable bonds is 4. The highest BCUT2D eigenvalue weighted by Crippen LogP contribution is 2.39. The third-order valence-corrected chi connectivity index (χ3v) is 7.39. The Labute approximate surface area is 214 Å². The molecule has 37 heavy (non-hydrogen) atoms. The lowest BCUT2D eigenvalue weighted by Gasteiger charge is -2.33. The van der Waals surface area contributed by atoms with Gasteiger partial charge < -0.3 is 19.8 Å². The number of anilines is 1. The first-order valence-electron chi connectivity index (χ1n) is 12.5. The Balaban J connectivity index is 1.74. The van der Waals surface area contributed by atoms with Crippen LogP contribution in [0.15, 0.2) is 36.7 Å². The van der Waals surface area contributed by atoms with E-state index < -0.39 is 11.6 Å². The summed E-state index contributed by atoms with van der Waals surface area (Å²) in [5, 5.41) is 21.8. The molecule has 2 N–H and O–H groups in total. The smallest absolute Gasteiger partial charge is 0.318 e. The maximum absolute atomic E-state index is 15.6. The van der Waals surface area contributed by atoms with Crippen molar-refractivity contribution in [2.75, 3.05) is 25.1 Å². The molecule has 9 heteroatoms. The third kappa shape index (κ3) is 4.75. The van der Waals surface area contributed by atoms with Gasteiger partial charge in [-0.05, 0) is 66.6 Å². The van der Waals surface area contributed by atoms with Crippen LogP contribution in [-0.4, -0.2) is 51.5 Å². The zero-order valence-corrected chi connectivity index (χ0v) is 21.1. The van der Waals surface area contributed by atoms with Crippen LogP contribution in [0.25, 0.3) is 22.0 Å². The number of hydrogen-bond acceptors (Lipinski definition) is 7. The van der Waals surface area contributed by atoms with Crippen molar-refractivity contribution in [3.8, 4) is 23.0 Å². The molecule has 7 nitrogen and oxygen atoms in total.